The second-order valence-corrected chi connectivity index (χ2v) is 4.88. The average molecular weight is 320 g/mol. The zero-order chi connectivity index (χ0) is 16.3. The molecule has 0 spiro atoms. The summed E-state index contributed by atoms with van der Waals surface area (Å²) in [6, 6.07) is 3.76. The molecule has 2 heterocycles. The van der Waals surface area contributed by atoms with Gasteiger partial charge in [-0.05, 0) is 12.1 Å². The van der Waals surface area contributed by atoms with Gasteiger partial charge in [-0.1, -0.05) is 6.92 Å². The van der Waals surface area contributed by atoms with E-state index < -0.39 is 0 Å². The highest BCUT2D eigenvalue weighted by Crippen LogP contribution is 2.01. The van der Waals surface area contributed by atoms with E-state index in [-0.39, 0.29) is 0 Å². The van der Waals surface area contributed by atoms with Crippen LogP contribution in [0.25, 0.3) is 0 Å². The highest BCUT2D eigenvalue weighted by molar-refractivity contribution is 5.79. The van der Waals surface area contributed by atoms with Crippen molar-refractivity contribution in [2.75, 3.05) is 26.8 Å². The summed E-state index contributed by atoms with van der Waals surface area (Å²) in [5.41, 5.74) is 0. The van der Waals surface area contributed by atoms with Crippen LogP contribution in [0.15, 0.2) is 34.1 Å². The van der Waals surface area contributed by atoms with Gasteiger partial charge in [-0.2, -0.15) is 0 Å². The molecular weight excluding hydrogens is 296 g/mol. The van der Waals surface area contributed by atoms with E-state index in [1.54, 1.807) is 19.7 Å². The van der Waals surface area contributed by atoms with Crippen molar-refractivity contribution < 1.29 is 9.15 Å². The fourth-order valence-corrected chi connectivity index (χ4v) is 2.04. The highest BCUT2D eigenvalue weighted by atomic mass is 16.5. The van der Waals surface area contributed by atoms with E-state index in [2.05, 4.69) is 32.7 Å². The third kappa shape index (κ3) is 5.74. The molecule has 0 fully saturated rings. The minimum absolute atomic E-state index is 0.488. The number of nitrogens with one attached hydrogen (secondary N) is 2. The first kappa shape index (κ1) is 17.0. The van der Waals surface area contributed by atoms with Gasteiger partial charge in [0.2, 0.25) is 0 Å². The number of hydrogen-bond donors (Lipinski definition) is 2. The van der Waals surface area contributed by atoms with Gasteiger partial charge < -0.3 is 24.4 Å². The van der Waals surface area contributed by atoms with Crippen LogP contribution in [0.1, 0.15) is 18.5 Å². The monoisotopic (exact) mass is 320 g/mol. The Labute approximate surface area is 136 Å². The first-order chi connectivity index (χ1) is 11.3. The number of nitrogens with zero attached hydrogens (tertiary/aromatic N) is 4. The van der Waals surface area contributed by atoms with E-state index in [0.717, 1.165) is 37.1 Å². The minimum atomic E-state index is 0.488. The second kappa shape index (κ2) is 9.62. The lowest BCUT2D eigenvalue weighted by Crippen LogP contribution is -2.40. The number of guanidine groups is 1. The lowest BCUT2D eigenvalue weighted by Gasteiger charge is -2.13. The summed E-state index contributed by atoms with van der Waals surface area (Å²) in [5, 5.41) is 14.5. The van der Waals surface area contributed by atoms with Crippen LogP contribution in [0.2, 0.25) is 0 Å². The van der Waals surface area contributed by atoms with E-state index in [1.807, 2.05) is 16.7 Å². The molecule has 0 bridgehead atoms. The Morgan fingerprint density at radius 2 is 2.26 bits per heavy atom. The maximum atomic E-state index is 5.30. The van der Waals surface area contributed by atoms with Gasteiger partial charge in [-0.25, -0.2) is 4.99 Å². The normalized spacial score (nSPS) is 11.7. The van der Waals surface area contributed by atoms with Gasteiger partial charge in [0, 0.05) is 33.2 Å². The molecule has 0 saturated heterocycles. The van der Waals surface area contributed by atoms with Crippen LogP contribution in [0, 0.1) is 0 Å². The summed E-state index contributed by atoms with van der Waals surface area (Å²) >= 11 is 0. The number of aryl methyl sites for hydroxylation is 1. The van der Waals surface area contributed by atoms with Crippen molar-refractivity contribution >= 4 is 5.96 Å². The number of ether oxygens (including phenoxy) is 1. The highest BCUT2D eigenvalue weighted by Gasteiger charge is 2.03. The molecule has 0 aliphatic carbocycles. The zero-order valence-corrected chi connectivity index (χ0v) is 13.7. The molecule has 0 unspecified atom stereocenters. The molecule has 23 heavy (non-hydrogen) atoms. The number of hydrogen-bond acceptors (Lipinski definition) is 5. The van der Waals surface area contributed by atoms with E-state index in [0.29, 0.717) is 19.7 Å². The molecule has 2 aromatic rings. The lowest BCUT2D eigenvalue weighted by molar-refractivity contribution is 0.203. The largest absolute Gasteiger partial charge is 0.467 e. The lowest BCUT2D eigenvalue weighted by atomic mass is 10.4. The Morgan fingerprint density at radius 3 is 3.00 bits per heavy atom. The molecule has 0 aliphatic heterocycles. The molecule has 0 aliphatic rings. The predicted molar refractivity (Wildman–Crippen MR) is 87.1 cm³/mol. The van der Waals surface area contributed by atoms with E-state index in [1.165, 1.54) is 0 Å². The fraction of sp³-hybridized carbons (Fsp3) is 0.533. The molecule has 2 aromatic heterocycles. The Kier molecular flexibility index (Phi) is 7.12. The summed E-state index contributed by atoms with van der Waals surface area (Å²) in [6.07, 6.45) is 4.26. The Bertz CT molecular complexity index is 579. The van der Waals surface area contributed by atoms with E-state index in [4.69, 9.17) is 9.15 Å². The molecule has 8 heteroatoms. The van der Waals surface area contributed by atoms with E-state index >= 15 is 0 Å². The van der Waals surface area contributed by atoms with Crippen LogP contribution in [0.5, 0.6) is 0 Å². The smallest absolute Gasteiger partial charge is 0.191 e. The minimum Gasteiger partial charge on any atom is -0.467 e. The Balaban J connectivity index is 1.84. The average Bonchev–Trinajstić information content (AvgIpc) is 3.23. The SMILES string of the molecule is CCc1nncn1CCNC(=NCc1ccco1)NCCOC. The second-order valence-electron chi connectivity index (χ2n) is 4.88. The first-order valence-corrected chi connectivity index (χ1v) is 7.73. The third-order valence-electron chi connectivity index (χ3n) is 3.23. The number of aliphatic imine (C=N–C) groups is 1. The number of rotatable bonds is 9. The van der Waals surface area contributed by atoms with Crippen LogP contribution in [-0.4, -0.2) is 47.5 Å². The molecule has 8 nitrogen and oxygen atoms in total. The number of furan rings is 1. The van der Waals surface area contributed by atoms with Crippen LogP contribution in [0.4, 0.5) is 0 Å². The van der Waals surface area contributed by atoms with Crippen LogP contribution in [-0.2, 0) is 24.2 Å². The molecule has 2 rings (SSSR count). The van der Waals surface area contributed by atoms with Gasteiger partial charge in [-0.3, -0.25) is 0 Å². The summed E-state index contributed by atoms with van der Waals surface area (Å²) in [4.78, 5) is 4.50. The number of aromatic nitrogens is 3. The van der Waals surface area contributed by atoms with Crippen molar-refractivity contribution in [2.24, 2.45) is 4.99 Å². The van der Waals surface area contributed by atoms with Gasteiger partial charge >= 0.3 is 0 Å². The molecule has 0 atom stereocenters. The quantitative estimate of drug-likeness (QED) is 0.404. The summed E-state index contributed by atoms with van der Waals surface area (Å²) in [6.45, 7) is 5.36. The Morgan fingerprint density at radius 1 is 1.39 bits per heavy atom. The number of methoxy groups -OCH3 is 1. The third-order valence-corrected chi connectivity index (χ3v) is 3.23. The van der Waals surface area contributed by atoms with Gasteiger partial charge in [0.05, 0.1) is 12.9 Å². The topological polar surface area (TPSA) is 89.5 Å². The standard InChI is InChI=1S/C15H24N6O2/c1-3-14-20-19-12-21(14)8-6-16-15(17-7-10-22-2)18-11-13-5-4-9-23-13/h4-5,9,12H,3,6-8,10-11H2,1-2H3,(H2,16,17,18). The van der Waals surface area contributed by atoms with Gasteiger partial charge in [0.15, 0.2) is 5.96 Å². The zero-order valence-electron chi connectivity index (χ0n) is 13.7. The van der Waals surface area contributed by atoms with Crippen LogP contribution >= 0.6 is 0 Å². The maximum Gasteiger partial charge on any atom is 0.191 e. The molecule has 0 radical (unpaired) electrons. The van der Waals surface area contributed by atoms with Crippen molar-refractivity contribution in [1.29, 1.82) is 0 Å². The van der Waals surface area contributed by atoms with Crippen molar-refractivity contribution in [2.45, 2.75) is 26.4 Å². The summed E-state index contributed by atoms with van der Waals surface area (Å²) in [7, 11) is 1.67. The fourth-order valence-electron chi connectivity index (χ4n) is 2.04. The first-order valence-electron chi connectivity index (χ1n) is 7.73. The molecule has 0 saturated carbocycles. The summed E-state index contributed by atoms with van der Waals surface area (Å²) < 4.78 is 12.4. The van der Waals surface area contributed by atoms with Crippen LogP contribution < -0.4 is 10.6 Å². The molecule has 126 valence electrons. The van der Waals surface area contributed by atoms with Crippen molar-refractivity contribution in [3.05, 3.63) is 36.3 Å². The van der Waals surface area contributed by atoms with Crippen LogP contribution in [0.3, 0.4) is 0 Å². The summed E-state index contributed by atoms with van der Waals surface area (Å²) in [5.74, 6) is 2.53. The molecule has 0 aromatic carbocycles. The molecule has 2 N–H and O–H groups in total. The van der Waals surface area contributed by atoms with Gasteiger partial charge in [-0.15, -0.1) is 10.2 Å². The Hall–Kier alpha value is -2.35. The van der Waals surface area contributed by atoms with Crippen molar-refractivity contribution in [3.63, 3.8) is 0 Å². The van der Waals surface area contributed by atoms with Crippen molar-refractivity contribution in [1.82, 2.24) is 25.4 Å². The molecule has 0 amide bonds. The van der Waals surface area contributed by atoms with Crippen molar-refractivity contribution in [3.8, 4) is 0 Å². The van der Waals surface area contributed by atoms with Gasteiger partial charge in [0.1, 0.15) is 24.5 Å². The van der Waals surface area contributed by atoms with E-state index in [9.17, 15) is 0 Å². The van der Waals surface area contributed by atoms with Gasteiger partial charge in [0.25, 0.3) is 0 Å². The maximum absolute atomic E-state index is 5.30. The predicted octanol–water partition coefficient (Wildman–Crippen LogP) is 0.815. The molecular formula is C15H24N6O2.